The molecule has 0 fully saturated rings. The summed E-state index contributed by atoms with van der Waals surface area (Å²) in [5, 5.41) is 0. The van der Waals surface area contributed by atoms with Crippen molar-refractivity contribution in [2.24, 2.45) is 0 Å². The fourth-order valence-electron chi connectivity index (χ4n) is 1.54. The summed E-state index contributed by atoms with van der Waals surface area (Å²) < 4.78 is 19.6. The van der Waals surface area contributed by atoms with Crippen molar-refractivity contribution in [2.75, 3.05) is 19.1 Å². The van der Waals surface area contributed by atoms with Crippen LogP contribution < -0.4 is 9.64 Å². The van der Waals surface area contributed by atoms with E-state index in [2.05, 4.69) is 30.9 Å². The van der Waals surface area contributed by atoms with Gasteiger partial charge in [-0.05, 0) is 25.1 Å². The Kier molecular flexibility index (Phi) is 3.94. The van der Waals surface area contributed by atoms with E-state index in [4.69, 9.17) is 4.74 Å². The maximum atomic E-state index is 13.8. The number of nitrogens with zero attached hydrogens (tertiary/aromatic N) is 4. The normalized spacial score (nSPS) is 10.4. The second kappa shape index (κ2) is 5.48. The standard InChI is InChI=1S/C12H12BrFN4O/c1-7-15-11(17-12(16-7)19-3)18(2)10-6-8(13)4-5-9(10)14/h4-6H,1-3H3. The lowest BCUT2D eigenvalue weighted by atomic mass is 10.3. The van der Waals surface area contributed by atoms with Crippen molar-refractivity contribution in [1.82, 2.24) is 15.0 Å². The fraction of sp³-hybridized carbons (Fsp3) is 0.250. The monoisotopic (exact) mass is 326 g/mol. The maximum Gasteiger partial charge on any atom is 0.321 e. The van der Waals surface area contributed by atoms with E-state index in [9.17, 15) is 4.39 Å². The lowest BCUT2D eigenvalue weighted by Crippen LogP contribution is -2.16. The van der Waals surface area contributed by atoms with Crippen molar-refractivity contribution < 1.29 is 9.13 Å². The molecule has 100 valence electrons. The molecule has 0 bridgehead atoms. The number of aromatic nitrogens is 3. The number of methoxy groups -OCH3 is 1. The Balaban J connectivity index is 2.46. The highest BCUT2D eigenvalue weighted by atomic mass is 79.9. The van der Waals surface area contributed by atoms with E-state index in [-0.39, 0.29) is 11.8 Å². The van der Waals surface area contributed by atoms with Gasteiger partial charge in [0.15, 0.2) is 0 Å². The second-order valence-electron chi connectivity index (χ2n) is 3.82. The van der Waals surface area contributed by atoms with Crippen molar-refractivity contribution in [2.45, 2.75) is 6.92 Å². The zero-order valence-corrected chi connectivity index (χ0v) is 12.3. The first-order chi connectivity index (χ1) is 9.01. The third-order valence-corrected chi connectivity index (χ3v) is 2.96. The predicted molar refractivity (Wildman–Crippen MR) is 73.3 cm³/mol. The predicted octanol–water partition coefficient (Wildman–Crippen LogP) is 2.86. The van der Waals surface area contributed by atoms with Crippen LogP contribution in [0.3, 0.4) is 0 Å². The Morgan fingerprint density at radius 3 is 2.68 bits per heavy atom. The molecule has 0 amide bonds. The molecular weight excluding hydrogens is 315 g/mol. The second-order valence-corrected chi connectivity index (χ2v) is 4.74. The van der Waals surface area contributed by atoms with Gasteiger partial charge >= 0.3 is 6.01 Å². The molecule has 5 nitrogen and oxygen atoms in total. The van der Waals surface area contributed by atoms with Gasteiger partial charge in [0.25, 0.3) is 0 Å². The van der Waals surface area contributed by atoms with E-state index in [1.165, 1.54) is 18.1 Å². The zero-order valence-electron chi connectivity index (χ0n) is 10.7. The molecule has 0 unspecified atom stereocenters. The van der Waals surface area contributed by atoms with E-state index < -0.39 is 0 Å². The minimum Gasteiger partial charge on any atom is -0.467 e. The van der Waals surface area contributed by atoms with Crippen molar-refractivity contribution in [3.05, 3.63) is 34.3 Å². The van der Waals surface area contributed by atoms with Crippen LogP contribution in [0.1, 0.15) is 5.82 Å². The third kappa shape index (κ3) is 2.98. The number of benzene rings is 1. The van der Waals surface area contributed by atoms with Crippen molar-refractivity contribution in [3.63, 3.8) is 0 Å². The van der Waals surface area contributed by atoms with Crippen molar-refractivity contribution >= 4 is 27.6 Å². The van der Waals surface area contributed by atoms with E-state index in [1.807, 2.05) is 0 Å². The quantitative estimate of drug-likeness (QED) is 0.868. The highest BCUT2D eigenvalue weighted by Crippen LogP contribution is 2.27. The van der Waals surface area contributed by atoms with Gasteiger partial charge in [-0.15, -0.1) is 0 Å². The van der Waals surface area contributed by atoms with E-state index in [0.717, 1.165) is 4.47 Å². The van der Waals surface area contributed by atoms with Gasteiger partial charge in [-0.25, -0.2) is 4.39 Å². The van der Waals surface area contributed by atoms with Crippen molar-refractivity contribution in [1.29, 1.82) is 0 Å². The van der Waals surface area contributed by atoms with Gasteiger partial charge in [0.05, 0.1) is 12.8 Å². The van der Waals surface area contributed by atoms with Crippen molar-refractivity contribution in [3.8, 4) is 6.01 Å². The highest BCUT2D eigenvalue weighted by molar-refractivity contribution is 9.10. The van der Waals surface area contributed by atoms with Crippen LogP contribution in [0.4, 0.5) is 16.0 Å². The molecule has 1 aromatic heterocycles. The van der Waals surface area contributed by atoms with E-state index in [0.29, 0.717) is 17.5 Å². The van der Waals surface area contributed by atoms with Crippen LogP contribution in [0.5, 0.6) is 6.01 Å². The highest BCUT2D eigenvalue weighted by Gasteiger charge is 2.14. The topological polar surface area (TPSA) is 51.1 Å². The Hall–Kier alpha value is -1.76. The lowest BCUT2D eigenvalue weighted by molar-refractivity contribution is 0.377. The molecule has 0 aliphatic rings. The largest absolute Gasteiger partial charge is 0.467 e. The third-order valence-electron chi connectivity index (χ3n) is 2.47. The van der Waals surface area contributed by atoms with Crippen LogP contribution in [0.25, 0.3) is 0 Å². The van der Waals surface area contributed by atoms with Crippen LogP contribution in [0.15, 0.2) is 22.7 Å². The van der Waals surface area contributed by atoms with Crippen LogP contribution in [-0.2, 0) is 0 Å². The lowest BCUT2D eigenvalue weighted by Gasteiger charge is -2.18. The average Bonchev–Trinajstić information content (AvgIpc) is 2.40. The number of aryl methyl sites for hydroxylation is 1. The number of rotatable bonds is 3. The van der Waals surface area contributed by atoms with Gasteiger partial charge in [-0.3, -0.25) is 0 Å². The Labute approximate surface area is 118 Å². The number of anilines is 2. The molecular formula is C12H12BrFN4O. The number of hydrogen-bond donors (Lipinski definition) is 0. The Morgan fingerprint density at radius 2 is 2.00 bits per heavy atom. The Morgan fingerprint density at radius 1 is 1.26 bits per heavy atom. The summed E-state index contributed by atoms with van der Waals surface area (Å²) in [7, 11) is 3.15. The molecule has 0 atom stereocenters. The summed E-state index contributed by atoms with van der Waals surface area (Å²) in [5.41, 5.74) is 0.363. The number of halogens is 2. The number of ether oxygens (including phenoxy) is 1. The molecule has 1 aromatic carbocycles. The SMILES string of the molecule is COc1nc(C)nc(N(C)c2cc(Br)ccc2F)n1. The van der Waals surface area contributed by atoms with Gasteiger partial charge in [-0.2, -0.15) is 15.0 Å². The summed E-state index contributed by atoms with van der Waals surface area (Å²) in [4.78, 5) is 13.8. The molecule has 2 rings (SSSR count). The smallest absolute Gasteiger partial charge is 0.321 e. The molecule has 0 saturated heterocycles. The molecule has 0 N–H and O–H groups in total. The fourth-order valence-corrected chi connectivity index (χ4v) is 1.88. The average molecular weight is 327 g/mol. The van der Waals surface area contributed by atoms with E-state index >= 15 is 0 Å². The summed E-state index contributed by atoms with van der Waals surface area (Å²) >= 11 is 3.31. The zero-order chi connectivity index (χ0) is 14.0. The molecule has 0 saturated carbocycles. The molecule has 1 heterocycles. The summed E-state index contributed by atoms with van der Waals surface area (Å²) in [6, 6.07) is 4.86. The molecule has 0 aliphatic carbocycles. The summed E-state index contributed by atoms with van der Waals surface area (Å²) in [6.45, 7) is 1.72. The summed E-state index contributed by atoms with van der Waals surface area (Å²) in [5.74, 6) is 0.466. The molecule has 0 aliphatic heterocycles. The van der Waals surface area contributed by atoms with Gasteiger partial charge < -0.3 is 9.64 Å². The minimum atomic E-state index is -0.359. The van der Waals surface area contributed by atoms with Gasteiger partial charge in [-0.1, -0.05) is 15.9 Å². The van der Waals surface area contributed by atoms with Crippen LogP contribution in [0.2, 0.25) is 0 Å². The first-order valence-electron chi connectivity index (χ1n) is 5.46. The van der Waals surface area contributed by atoms with Crippen LogP contribution in [0, 0.1) is 12.7 Å². The van der Waals surface area contributed by atoms with E-state index in [1.54, 1.807) is 26.1 Å². The maximum absolute atomic E-state index is 13.8. The molecule has 0 radical (unpaired) electrons. The first-order valence-corrected chi connectivity index (χ1v) is 6.26. The summed E-state index contributed by atoms with van der Waals surface area (Å²) in [6.07, 6.45) is 0. The first kappa shape index (κ1) is 13.7. The van der Waals surface area contributed by atoms with Crippen LogP contribution >= 0.6 is 15.9 Å². The Bertz CT molecular complexity index is 608. The molecule has 0 spiro atoms. The van der Waals surface area contributed by atoms with Gasteiger partial charge in [0.1, 0.15) is 11.6 Å². The van der Waals surface area contributed by atoms with Gasteiger partial charge in [0.2, 0.25) is 5.95 Å². The molecule has 19 heavy (non-hydrogen) atoms. The van der Waals surface area contributed by atoms with Gasteiger partial charge in [0, 0.05) is 11.5 Å². The minimum absolute atomic E-state index is 0.199. The molecule has 2 aromatic rings. The molecule has 7 heteroatoms. The number of hydrogen-bond acceptors (Lipinski definition) is 5. The van der Waals surface area contributed by atoms with Crippen LogP contribution in [-0.4, -0.2) is 29.1 Å².